The van der Waals surface area contributed by atoms with Gasteiger partial charge in [0, 0.05) is 5.56 Å². The lowest BCUT2D eigenvalue weighted by Gasteiger charge is -2.18. The highest BCUT2D eigenvalue weighted by Crippen LogP contribution is 2.33. The number of hydrogen-bond acceptors (Lipinski definition) is 5. The summed E-state index contributed by atoms with van der Waals surface area (Å²) in [4.78, 5) is 16.3. The molecule has 0 bridgehead atoms. The van der Waals surface area contributed by atoms with Crippen molar-refractivity contribution in [3.63, 3.8) is 0 Å². The van der Waals surface area contributed by atoms with Gasteiger partial charge in [-0.25, -0.2) is 4.98 Å². The zero-order chi connectivity index (χ0) is 22.6. The Morgan fingerprint density at radius 2 is 1.77 bits per heavy atom. The Kier molecular flexibility index (Phi) is 6.81. The van der Waals surface area contributed by atoms with Crippen LogP contribution in [0.5, 0.6) is 5.75 Å². The van der Waals surface area contributed by atoms with Crippen LogP contribution >= 0.6 is 11.3 Å². The number of aldehydes is 1. The highest BCUT2D eigenvalue weighted by Gasteiger charge is 2.30. The van der Waals surface area contributed by atoms with E-state index >= 15 is 0 Å². The van der Waals surface area contributed by atoms with Crippen LogP contribution in [-0.4, -0.2) is 16.9 Å². The number of ether oxygens (including phenoxy) is 2. The summed E-state index contributed by atoms with van der Waals surface area (Å²) in [6, 6.07) is 12.4. The maximum absolute atomic E-state index is 12.8. The van der Waals surface area contributed by atoms with Crippen molar-refractivity contribution in [1.82, 2.24) is 4.98 Å². The average molecular weight is 449 g/mol. The van der Waals surface area contributed by atoms with Gasteiger partial charge in [0.05, 0.1) is 22.7 Å². The fraction of sp³-hybridized carbons (Fsp3) is 0.304. The van der Waals surface area contributed by atoms with Crippen molar-refractivity contribution < 1.29 is 27.4 Å². The summed E-state index contributed by atoms with van der Waals surface area (Å²) in [5.74, 6) is 0.647. The van der Waals surface area contributed by atoms with E-state index < -0.39 is 17.3 Å². The molecule has 1 aromatic heterocycles. The number of carbonyl (C=O) groups excluding carboxylic acids is 1. The highest BCUT2D eigenvalue weighted by atomic mass is 32.1. The minimum absolute atomic E-state index is 0.278. The van der Waals surface area contributed by atoms with Crippen molar-refractivity contribution in [2.75, 3.05) is 0 Å². The predicted molar refractivity (Wildman–Crippen MR) is 113 cm³/mol. The smallest absolute Gasteiger partial charge is 0.416 e. The lowest BCUT2D eigenvalue weighted by molar-refractivity contribution is -0.137. The van der Waals surface area contributed by atoms with E-state index in [0.29, 0.717) is 16.3 Å². The topological polar surface area (TPSA) is 48.4 Å². The van der Waals surface area contributed by atoms with Gasteiger partial charge in [-0.2, -0.15) is 13.2 Å². The van der Waals surface area contributed by atoms with Crippen LogP contribution in [0.4, 0.5) is 13.2 Å². The lowest BCUT2D eigenvalue weighted by Crippen LogP contribution is -2.25. The molecule has 0 aliphatic rings. The molecule has 4 nitrogen and oxygen atoms in total. The van der Waals surface area contributed by atoms with Crippen LogP contribution in [-0.2, 0) is 28.9 Å². The molecule has 3 rings (SSSR count). The van der Waals surface area contributed by atoms with Gasteiger partial charge in [0.25, 0.3) is 0 Å². The Morgan fingerprint density at radius 1 is 1.06 bits per heavy atom. The molecule has 0 fully saturated rings. The fourth-order valence-corrected chi connectivity index (χ4v) is 3.65. The normalized spacial score (nSPS) is 12.1. The molecule has 0 radical (unpaired) electrons. The van der Waals surface area contributed by atoms with E-state index in [0.717, 1.165) is 34.6 Å². The number of alkyl halides is 3. The SMILES string of the molecule is Cc1nc(-c2ccc(C(F)(F)F)cc2)sc1COc1cccc(COC(C)(C)C=O)c1. The van der Waals surface area contributed by atoms with Gasteiger partial charge in [-0.3, -0.25) is 0 Å². The van der Waals surface area contributed by atoms with Crippen LogP contribution in [0.1, 0.15) is 35.5 Å². The number of nitrogens with zero attached hydrogens (tertiary/aromatic N) is 1. The van der Waals surface area contributed by atoms with Gasteiger partial charge in [-0.1, -0.05) is 24.3 Å². The van der Waals surface area contributed by atoms with Crippen LogP contribution in [0.25, 0.3) is 10.6 Å². The first-order chi connectivity index (χ1) is 14.6. The molecule has 164 valence electrons. The van der Waals surface area contributed by atoms with E-state index in [9.17, 15) is 18.0 Å². The Balaban J connectivity index is 1.66. The molecule has 0 saturated carbocycles. The van der Waals surface area contributed by atoms with Gasteiger partial charge >= 0.3 is 6.18 Å². The maximum Gasteiger partial charge on any atom is 0.416 e. The molecule has 3 aromatic rings. The lowest BCUT2D eigenvalue weighted by atomic mass is 10.1. The number of aromatic nitrogens is 1. The first kappa shape index (κ1) is 23.0. The second-order valence-electron chi connectivity index (χ2n) is 7.55. The van der Waals surface area contributed by atoms with Crippen molar-refractivity contribution >= 4 is 17.6 Å². The first-order valence-corrected chi connectivity index (χ1v) is 10.3. The Labute approximate surface area is 182 Å². The predicted octanol–water partition coefficient (Wildman–Crippen LogP) is 6.21. The van der Waals surface area contributed by atoms with Crippen LogP contribution < -0.4 is 4.74 Å². The van der Waals surface area contributed by atoms with E-state index in [4.69, 9.17) is 9.47 Å². The minimum atomic E-state index is -4.36. The molecule has 0 atom stereocenters. The third-order valence-electron chi connectivity index (χ3n) is 4.51. The molecular weight excluding hydrogens is 427 g/mol. The summed E-state index contributed by atoms with van der Waals surface area (Å²) in [5.41, 5.74) is 0.731. The van der Waals surface area contributed by atoms with Crippen molar-refractivity contribution in [3.8, 4) is 16.3 Å². The molecule has 2 aromatic carbocycles. The average Bonchev–Trinajstić information content (AvgIpc) is 3.11. The molecule has 0 unspecified atom stereocenters. The van der Waals surface area contributed by atoms with Crippen molar-refractivity contribution in [3.05, 3.63) is 70.2 Å². The molecule has 0 aliphatic carbocycles. The number of benzene rings is 2. The molecule has 0 N–H and O–H groups in total. The summed E-state index contributed by atoms with van der Waals surface area (Å²) in [6.07, 6.45) is -3.60. The molecular formula is C23H22F3NO3S. The molecule has 0 spiro atoms. The number of halogens is 3. The van der Waals surface area contributed by atoms with Crippen LogP contribution in [0.3, 0.4) is 0 Å². The molecule has 1 heterocycles. The van der Waals surface area contributed by atoms with E-state index in [-0.39, 0.29) is 13.2 Å². The minimum Gasteiger partial charge on any atom is -0.488 e. The van der Waals surface area contributed by atoms with E-state index in [1.807, 2.05) is 31.2 Å². The van der Waals surface area contributed by atoms with Crippen molar-refractivity contribution in [2.24, 2.45) is 0 Å². The van der Waals surface area contributed by atoms with Crippen molar-refractivity contribution in [1.29, 1.82) is 0 Å². The molecule has 0 saturated heterocycles. The zero-order valence-corrected chi connectivity index (χ0v) is 18.1. The first-order valence-electron chi connectivity index (χ1n) is 9.53. The van der Waals surface area contributed by atoms with E-state index in [1.165, 1.54) is 23.5 Å². The standard InChI is InChI=1S/C23H22F3NO3S/c1-15-20(31-21(27-15)17-7-9-18(10-8-17)23(24,25)26)13-29-19-6-4-5-16(11-19)12-30-22(2,3)14-28/h4-11,14H,12-13H2,1-3H3. The van der Waals surface area contributed by atoms with Gasteiger partial charge in [0.15, 0.2) is 6.29 Å². The van der Waals surface area contributed by atoms with Crippen molar-refractivity contribution in [2.45, 2.75) is 45.8 Å². The number of aryl methyl sites for hydroxylation is 1. The number of carbonyl (C=O) groups is 1. The van der Waals surface area contributed by atoms with Gasteiger partial charge in [0.2, 0.25) is 0 Å². The summed E-state index contributed by atoms with van der Waals surface area (Å²) in [5, 5.41) is 0.642. The third kappa shape index (κ3) is 6.15. The largest absolute Gasteiger partial charge is 0.488 e. The summed E-state index contributed by atoms with van der Waals surface area (Å²) < 4.78 is 49.7. The molecule has 31 heavy (non-hydrogen) atoms. The van der Waals surface area contributed by atoms with E-state index in [1.54, 1.807) is 13.8 Å². The third-order valence-corrected chi connectivity index (χ3v) is 5.69. The van der Waals surface area contributed by atoms with Gasteiger partial charge in [0.1, 0.15) is 23.0 Å². The number of thiazole rings is 1. The summed E-state index contributed by atoms with van der Waals surface area (Å²) >= 11 is 1.39. The van der Waals surface area contributed by atoms with E-state index in [2.05, 4.69) is 4.98 Å². The second-order valence-corrected chi connectivity index (χ2v) is 8.63. The fourth-order valence-electron chi connectivity index (χ4n) is 2.66. The second kappa shape index (κ2) is 9.20. The monoisotopic (exact) mass is 449 g/mol. The van der Waals surface area contributed by atoms with Gasteiger partial charge < -0.3 is 14.3 Å². The highest BCUT2D eigenvalue weighted by molar-refractivity contribution is 7.15. The Hall–Kier alpha value is -2.71. The quantitative estimate of drug-likeness (QED) is 0.384. The van der Waals surface area contributed by atoms with Crippen LogP contribution in [0.15, 0.2) is 48.5 Å². The van der Waals surface area contributed by atoms with Gasteiger partial charge in [-0.05, 0) is 50.6 Å². The van der Waals surface area contributed by atoms with Gasteiger partial charge in [-0.15, -0.1) is 11.3 Å². The number of rotatable bonds is 8. The molecule has 0 amide bonds. The summed E-state index contributed by atoms with van der Waals surface area (Å²) in [7, 11) is 0. The maximum atomic E-state index is 12.8. The summed E-state index contributed by atoms with van der Waals surface area (Å²) in [6.45, 7) is 5.80. The van der Waals surface area contributed by atoms with Crippen LogP contribution in [0.2, 0.25) is 0 Å². The molecule has 8 heteroatoms. The molecule has 0 aliphatic heterocycles. The number of hydrogen-bond donors (Lipinski definition) is 0. The Bertz CT molecular complexity index is 1040. The van der Waals surface area contributed by atoms with Crippen LogP contribution in [0, 0.1) is 6.92 Å². The Morgan fingerprint density at radius 3 is 2.42 bits per heavy atom. The zero-order valence-electron chi connectivity index (χ0n) is 17.3.